The van der Waals surface area contributed by atoms with E-state index in [2.05, 4.69) is 5.32 Å². The molecule has 22 heavy (non-hydrogen) atoms. The third-order valence-electron chi connectivity index (χ3n) is 3.75. The van der Waals surface area contributed by atoms with Crippen LogP contribution in [0.5, 0.6) is 0 Å². The van der Waals surface area contributed by atoms with Crippen molar-refractivity contribution in [3.8, 4) is 0 Å². The molecule has 1 atom stereocenters. The van der Waals surface area contributed by atoms with Gasteiger partial charge in [-0.1, -0.05) is 18.2 Å². The first-order valence-electron chi connectivity index (χ1n) is 7.05. The van der Waals surface area contributed by atoms with Crippen molar-refractivity contribution in [2.75, 3.05) is 11.4 Å². The zero-order chi connectivity index (χ0) is 15.5. The molecule has 2 heterocycles. The molecule has 0 bridgehead atoms. The highest BCUT2D eigenvalue weighted by Gasteiger charge is 2.28. The maximum atomic E-state index is 12.4. The lowest BCUT2D eigenvalue weighted by Crippen LogP contribution is -2.48. The lowest BCUT2D eigenvalue weighted by atomic mass is 10.1. The number of amides is 2. The number of benzene rings is 1. The van der Waals surface area contributed by atoms with Gasteiger partial charge < -0.3 is 14.8 Å². The minimum atomic E-state index is -1.07. The maximum absolute atomic E-state index is 12.4. The van der Waals surface area contributed by atoms with Gasteiger partial charge in [-0.25, -0.2) is 9.59 Å². The summed E-state index contributed by atoms with van der Waals surface area (Å²) in [6.45, 7) is 0.559. The van der Waals surface area contributed by atoms with Crippen molar-refractivity contribution in [1.29, 1.82) is 0 Å². The number of carbonyl (C=O) groups is 2. The third kappa shape index (κ3) is 2.81. The number of nitrogens with zero attached hydrogens (tertiary/aromatic N) is 1. The average molecular weight is 300 g/mol. The van der Waals surface area contributed by atoms with Crippen LogP contribution in [0.25, 0.3) is 0 Å². The normalized spacial score (nSPS) is 14.5. The Balaban J connectivity index is 1.71. The van der Waals surface area contributed by atoms with Gasteiger partial charge in [0.15, 0.2) is 0 Å². The second-order valence-electron chi connectivity index (χ2n) is 5.21. The fraction of sp³-hybridized carbons (Fsp3) is 0.250. The summed E-state index contributed by atoms with van der Waals surface area (Å²) >= 11 is 0. The number of hydrogen-bond acceptors (Lipinski definition) is 3. The van der Waals surface area contributed by atoms with Gasteiger partial charge in [0.25, 0.3) is 0 Å². The van der Waals surface area contributed by atoms with Crippen LogP contribution in [0.4, 0.5) is 10.5 Å². The molecule has 0 spiro atoms. The van der Waals surface area contributed by atoms with E-state index in [1.807, 2.05) is 24.3 Å². The standard InChI is InChI=1S/C16H16N2O4/c19-15(20)13(9-11-6-8-22-10-11)17-16(21)18-7-5-12-3-1-2-4-14(12)18/h1-4,6,8,10,13H,5,7,9H2,(H,17,21)(H,19,20). The van der Waals surface area contributed by atoms with Crippen LogP contribution in [-0.4, -0.2) is 29.7 Å². The van der Waals surface area contributed by atoms with Crippen molar-refractivity contribution < 1.29 is 19.1 Å². The molecule has 2 aromatic rings. The van der Waals surface area contributed by atoms with Crippen LogP contribution in [0.15, 0.2) is 47.3 Å². The fourth-order valence-electron chi connectivity index (χ4n) is 2.62. The number of carboxylic acids is 1. The number of nitrogens with one attached hydrogen (secondary N) is 1. The minimum Gasteiger partial charge on any atom is -0.480 e. The van der Waals surface area contributed by atoms with Gasteiger partial charge in [0, 0.05) is 18.7 Å². The van der Waals surface area contributed by atoms with Gasteiger partial charge in [0.2, 0.25) is 0 Å². The Morgan fingerprint density at radius 1 is 1.32 bits per heavy atom. The number of hydrogen-bond donors (Lipinski definition) is 2. The van der Waals surface area contributed by atoms with Crippen molar-refractivity contribution in [3.63, 3.8) is 0 Å². The molecule has 2 amide bonds. The molecule has 1 aliphatic rings. The molecule has 0 fully saturated rings. The van der Waals surface area contributed by atoms with Crippen molar-refractivity contribution in [2.45, 2.75) is 18.9 Å². The van der Waals surface area contributed by atoms with Gasteiger partial charge in [0.05, 0.1) is 12.5 Å². The fourth-order valence-corrected chi connectivity index (χ4v) is 2.62. The molecule has 1 aromatic carbocycles. The SMILES string of the molecule is O=C(O)C(Cc1ccoc1)NC(=O)N1CCc2ccccc21. The Morgan fingerprint density at radius 2 is 2.14 bits per heavy atom. The van der Waals surface area contributed by atoms with Crippen molar-refractivity contribution >= 4 is 17.7 Å². The van der Waals surface area contributed by atoms with Gasteiger partial charge in [-0.15, -0.1) is 0 Å². The number of para-hydroxylation sites is 1. The zero-order valence-electron chi connectivity index (χ0n) is 11.9. The highest BCUT2D eigenvalue weighted by atomic mass is 16.4. The summed E-state index contributed by atoms with van der Waals surface area (Å²) in [5.41, 5.74) is 2.67. The van der Waals surface area contributed by atoms with E-state index in [4.69, 9.17) is 4.42 Å². The molecule has 1 unspecified atom stereocenters. The highest BCUT2D eigenvalue weighted by molar-refractivity contribution is 5.96. The molecule has 2 N–H and O–H groups in total. The van der Waals surface area contributed by atoms with Crippen LogP contribution < -0.4 is 10.2 Å². The molecular formula is C16H16N2O4. The molecular weight excluding hydrogens is 284 g/mol. The molecule has 6 nitrogen and oxygen atoms in total. The topological polar surface area (TPSA) is 82.8 Å². The largest absolute Gasteiger partial charge is 0.480 e. The molecule has 0 saturated carbocycles. The molecule has 0 saturated heterocycles. The Labute approximate surface area is 127 Å². The van der Waals surface area contributed by atoms with E-state index >= 15 is 0 Å². The molecule has 3 rings (SSSR count). The van der Waals surface area contributed by atoms with Crippen LogP contribution >= 0.6 is 0 Å². The highest BCUT2D eigenvalue weighted by Crippen LogP contribution is 2.27. The van der Waals surface area contributed by atoms with Gasteiger partial charge in [0.1, 0.15) is 6.04 Å². The Kier molecular flexibility index (Phi) is 3.82. The van der Waals surface area contributed by atoms with Gasteiger partial charge >= 0.3 is 12.0 Å². The third-order valence-corrected chi connectivity index (χ3v) is 3.75. The predicted molar refractivity (Wildman–Crippen MR) is 79.9 cm³/mol. The number of furan rings is 1. The Bertz CT molecular complexity index is 681. The molecule has 1 aliphatic heterocycles. The van der Waals surface area contributed by atoms with E-state index in [0.717, 1.165) is 23.2 Å². The number of anilines is 1. The number of rotatable bonds is 4. The van der Waals surface area contributed by atoms with Gasteiger partial charge in [-0.3, -0.25) is 4.90 Å². The van der Waals surface area contributed by atoms with Crippen molar-refractivity contribution in [2.24, 2.45) is 0 Å². The first-order chi connectivity index (χ1) is 10.6. The van der Waals surface area contributed by atoms with Crippen LogP contribution in [0.1, 0.15) is 11.1 Å². The summed E-state index contributed by atoms with van der Waals surface area (Å²) in [4.78, 5) is 25.3. The lowest BCUT2D eigenvalue weighted by molar-refractivity contribution is -0.139. The number of aliphatic carboxylic acids is 1. The molecule has 1 aromatic heterocycles. The Morgan fingerprint density at radius 3 is 2.86 bits per heavy atom. The number of carbonyl (C=O) groups excluding carboxylic acids is 1. The van der Waals surface area contributed by atoms with E-state index in [1.54, 1.807) is 11.0 Å². The summed E-state index contributed by atoms with van der Waals surface area (Å²) in [6, 6.07) is 7.95. The summed E-state index contributed by atoms with van der Waals surface area (Å²) in [7, 11) is 0. The number of urea groups is 1. The predicted octanol–water partition coefficient (Wildman–Crippen LogP) is 2.05. The van der Waals surface area contributed by atoms with E-state index in [-0.39, 0.29) is 12.5 Å². The van der Waals surface area contributed by atoms with E-state index in [0.29, 0.717) is 6.54 Å². The number of fused-ring (bicyclic) bond motifs is 1. The second kappa shape index (κ2) is 5.93. The van der Waals surface area contributed by atoms with Crippen molar-refractivity contribution in [1.82, 2.24) is 5.32 Å². The average Bonchev–Trinajstić information content (AvgIpc) is 3.15. The van der Waals surface area contributed by atoms with Crippen LogP contribution in [0, 0.1) is 0 Å². The zero-order valence-corrected chi connectivity index (χ0v) is 11.9. The maximum Gasteiger partial charge on any atom is 0.326 e. The summed E-state index contributed by atoms with van der Waals surface area (Å²) < 4.78 is 4.93. The second-order valence-corrected chi connectivity index (χ2v) is 5.21. The van der Waals surface area contributed by atoms with Crippen LogP contribution in [0.3, 0.4) is 0 Å². The van der Waals surface area contributed by atoms with Gasteiger partial charge in [-0.2, -0.15) is 0 Å². The van der Waals surface area contributed by atoms with Crippen molar-refractivity contribution in [3.05, 3.63) is 54.0 Å². The van der Waals surface area contributed by atoms with Crippen LogP contribution in [0.2, 0.25) is 0 Å². The quantitative estimate of drug-likeness (QED) is 0.905. The van der Waals surface area contributed by atoms with Gasteiger partial charge in [-0.05, 0) is 29.7 Å². The van der Waals surface area contributed by atoms with Crippen LogP contribution in [-0.2, 0) is 17.6 Å². The monoisotopic (exact) mass is 300 g/mol. The van der Waals surface area contributed by atoms with E-state index < -0.39 is 12.0 Å². The first-order valence-corrected chi connectivity index (χ1v) is 7.05. The first kappa shape index (κ1) is 14.2. The van der Waals surface area contributed by atoms with E-state index in [1.165, 1.54) is 12.5 Å². The molecule has 6 heteroatoms. The smallest absolute Gasteiger partial charge is 0.326 e. The molecule has 114 valence electrons. The number of carboxylic acid groups (broad SMARTS) is 1. The summed E-state index contributed by atoms with van der Waals surface area (Å²) in [5, 5.41) is 11.9. The molecule has 0 radical (unpaired) electrons. The molecule has 0 aliphatic carbocycles. The summed E-state index contributed by atoms with van der Waals surface area (Å²) in [6.07, 6.45) is 3.93. The minimum absolute atomic E-state index is 0.188. The Hall–Kier alpha value is -2.76. The van der Waals surface area contributed by atoms with E-state index in [9.17, 15) is 14.7 Å². The summed E-state index contributed by atoms with van der Waals surface area (Å²) in [5.74, 6) is -1.07. The lowest BCUT2D eigenvalue weighted by Gasteiger charge is -2.21.